The Kier molecular flexibility index (Phi) is 7.87. The smallest absolute Gasteiger partial charge is 0.147 e. The fraction of sp³-hybridized carbons (Fsp3) is 0.391. The first-order valence-corrected chi connectivity index (χ1v) is 16.1. The maximum Gasteiger partial charge on any atom is -0.147 e. The Labute approximate surface area is 221 Å². The number of nitrogens with zero attached hydrogens (tertiary/aromatic N) is 1. The fourth-order valence-corrected chi connectivity index (χ4v) is 8.31. The van der Waals surface area contributed by atoms with Crippen LogP contribution >= 0.6 is 35.6 Å². The number of rotatable bonds is 5. The molecule has 1 unspecified atom stereocenters. The van der Waals surface area contributed by atoms with Gasteiger partial charge in [-0.2, -0.15) is 0 Å². The second-order valence-electron chi connectivity index (χ2n) is 8.99. The van der Waals surface area contributed by atoms with Crippen LogP contribution in [0.4, 0.5) is 18.9 Å². The van der Waals surface area contributed by atoms with Gasteiger partial charge in [0.1, 0.15) is 0 Å². The summed E-state index contributed by atoms with van der Waals surface area (Å²) >= 11 is 11.3. The van der Waals surface area contributed by atoms with Gasteiger partial charge in [0.15, 0.2) is 0 Å². The Bertz CT molecular complexity index is 1190. The minimum Gasteiger partial charge on any atom is -0.147 e. The summed E-state index contributed by atoms with van der Waals surface area (Å²) in [5.74, 6) is -1.95. The number of benzene rings is 2. The molecule has 4 rings (SSSR count). The number of fused-ring (bicyclic) bond motifs is 1. The predicted octanol–water partition coefficient (Wildman–Crippen LogP) is 5.65. The van der Waals surface area contributed by atoms with Gasteiger partial charge in [-0.05, 0) is 0 Å². The van der Waals surface area contributed by atoms with Gasteiger partial charge in [-0.3, -0.25) is 0 Å². The molecule has 2 aromatic rings. The van der Waals surface area contributed by atoms with Crippen LogP contribution in [-0.2, 0) is 16.6 Å². The number of hydrogen-bond acceptors (Lipinski definition) is 3. The summed E-state index contributed by atoms with van der Waals surface area (Å²) < 4.78 is 43.2. The number of hydrogen-bond donors (Lipinski definition) is 2. The van der Waals surface area contributed by atoms with E-state index in [1.54, 1.807) is 0 Å². The van der Waals surface area contributed by atoms with E-state index in [9.17, 15) is 27.9 Å². The Morgan fingerprint density at radius 3 is 2.37 bits per heavy atom. The van der Waals surface area contributed by atoms with E-state index < -0.39 is 54.9 Å². The molecular weight excluding hydrogens is 591 g/mol. The number of alkyl halides is 3. The summed E-state index contributed by atoms with van der Waals surface area (Å²) in [5, 5.41) is 11.8. The van der Waals surface area contributed by atoms with Gasteiger partial charge in [0.2, 0.25) is 0 Å². The van der Waals surface area contributed by atoms with Crippen molar-refractivity contribution in [3.63, 3.8) is 0 Å². The van der Waals surface area contributed by atoms with Crippen LogP contribution in [0.25, 0.3) is 0 Å². The molecule has 1 aliphatic heterocycles. The summed E-state index contributed by atoms with van der Waals surface area (Å²) in [6, 6.07) is 5.53. The van der Waals surface area contributed by atoms with Gasteiger partial charge in [0.25, 0.3) is 0 Å². The van der Waals surface area contributed by atoms with Gasteiger partial charge in [-0.25, -0.2) is 0 Å². The fourth-order valence-electron chi connectivity index (χ4n) is 4.74. The number of carbonyl (C=O) groups is 2. The molecule has 35 heavy (non-hydrogen) atoms. The zero-order chi connectivity index (χ0) is 25.2. The first kappa shape index (κ1) is 28.1. The molecular formula is C23H23AsCl3F3N2O3. The number of anilines is 1. The maximum absolute atomic E-state index is 14.2. The van der Waals surface area contributed by atoms with E-state index in [1.165, 1.54) is 18.2 Å². The normalized spacial score (nSPS) is 23.7. The third-order valence-corrected chi connectivity index (χ3v) is 11.1. The molecule has 2 aliphatic rings. The largest absolute Gasteiger partial charge is 0.147 e. The number of carbonyl (C=O) groups excluding carboxylic acids is 2. The molecule has 0 saturated heterocycles. The van der Waals surface area contributed by atoms with Gasteiger partial charge in [0.05, 0.1) is 0 Å². The van der Waals surface area contributed by atoms with Gasteiger partial charge in [-0.1, -0.05) is 0 Å². The number of nitrogens with two attached hydrogens (primary N) is 1. The average molecular weight is 614 g/mol. The molecule has 0 radical (unpaired) electrons. The summed E-state index contributed by atoms with van der Waals surface area (Å²) in [4.78, 5) is 26.7. The second-order valence-corrected chi connectivity index (χ2v) is 15.4. The van der Waals surface area contributed by atoms with Gasteiger partial charge >= 0.3 is 210 Å². The second kappa shape index (κ2) is 9.79. The van der Waals surface area contributed by atoms with Gasteiger partial charge < -0.3 is 0 Å². The van der Waals surface area contributed by atoms with Crippen molar-refractivity contribution in [3.05, 3.63) is 62.6 Å². The Hall–Kier alpha value is -1.44. The molecule has 0 spiro atoms. The molecule has 5 nitrogen and oxygen atoms in total. The molecule has 1 fully saturated rings. The Morgan fingerprint density at radius 2 is 1.86 bits per heavy atom. The molecule has 1 aliphatic carbocycles. The minimum absolute atomic E-state index is 0. The van der Waals surface area contributed by atoms with E-state index in [0.29, 0.717) is 10.8 Å². The van der Waals surface area contributed by atoms with Crippen LogP contribution in [0.1, 0.15) is 39.9 Å². The molecule has 1 atom stereocenters. The quantitative estimate of drug-likeness (QED) is 0.428. The third-order valence-electron chi connectivity index (χ3n) is 6.62. The van der Waals surface area contributed by atoms with Crippen molar-refractivity contribution in [1.82, 2.24) is 0 Å². The van der Waals surface area contributed by atoms with Crippen LogP contribution in [0.15, 0.2) is 30.3 Å². The Morgan fingerprint density at radius 1 is 1.23 bits per heavy atom. The summed E-state index contributed by atoms with van der Waals surface area (Å²) in [5.41, 5.74) is 4.28. The number of primary amides is 1. The zero-order valence-electron chi connectivity index (χ0n) is 18.7. The molecule has 12 heteroatoms. The monoisotopic (exact) mass is 612 g/mol. The third kappa shape index (κ3) is 4.80. The molecule has 3 N–H and O–H groups in total. The standard InChI is InChI=1S/C23H22AsCl2F3N2O3.ClH/c1-24(2)13-5-11(6-13)10-31-18-8-12(20(30)32)7-16(23(27,28)29)19(18)22(34,21(31)33)15-4-3-14(25)9-17(15)26;/h3-4,7-9,11,13,34H,5-6,10H2,1-2H3,(H2,30,32);1H/t11-,13+,22?;. The van der Waals surface area contributed by atoms with E-state index in [2.05, 4.69) is 11.4 Å². The van der Waals surface area contributed by atoms with Crippen LogP contribution in [-0.4, -0.2) is 38.1 Å². The van der Waals surface area contributed by atoms with E-state index in [4.69, 9.17) is 28.9 Å². The number of halogens is 6. The zero-order valence-corrected chi connectivity index (χ0v) is 22.9. The Balaban J connectivity index is 0.00000342. The van der Waals surface area contributed by atoms with Crippen LogP contribution < -0.4 is 10.6 Å². The predicted molar refractivity (Wildman–Crippen MR) is 133 cm³/mol. The number of aliphatic hydroxyl groups is 1. The molecule has 1 saturated carbocycles. The summed E-state index contributed by atoms with van der Waals surface area (Å²) in [6.45, 7) is 0.123. The first-order valence-electron chi connectivity index (χ1n) is 10.5. The van der Waals surface area contributed by atoms with Crippen LogP contribution in [0.3, 0.4) is 0 Å². The van der Waals surface area contributed by atoms with E-state index >= 15 is 0 Å². The molecule has 0 aromatic heterocycles. The maximum atomic E-state index is 14.2. The van der Waals surface area contributed by atoms with Crippen molar-refractivity contribution < 1.29 is 27.9 Å². The van der Waals surface area contributed by atoms with E-state index in [0.717, 1.165) is 23.8 Å². The SMILES string of the molecule is C[As](C)[C@H]1C[C@@H](CN2C(=O)C(O)(c3ccc(Cl)cc3Cl)c3c2cc(C(N)=O)cc3C(F)(F)F)C1.Cl. The van der Waals surface area contributed by atoms with Crippen molar-refractivity contribution in [2.45, 2.75) is 40.7 Å². The topological polar surface area (TPSA) is 83.6 Å². The molecule has 2 aromatic carbocycles. The van der Waals surface area contributed by atoms with E-state index in [1.807, 2.05) is 0 Å². The van der Waals surface area contributed by atoms with Crippen molar-refractivity contribution in [1.29, 1.82) is 0 Å². The van der Waals surface area contributed by atoms with Crippen LogP contribution in [0, 0.1) is 5.92 Å². The molecule has 0 bridgehead atoms. The molecule has 190 valence electrons. The van der Waals surface area contributed by atoms with Crippen LogP contribution in [0.5, 0.6) is 0 Å². The average Bonchev–Trinajstić information content (AvgIpc) is 2.90. The van der Waals surface area contributed by atoms with Crippen molar-refractivity contribution >= 4 is 67.8 Å². The van der Waals surface area contributed by atoms with Gasteiger partial charge in [0, 0.05) is 0 Å². The summed E-state index contributed by atoms with van der Waals surface area (Å²) in [7, 11) is 0. The number of amides is 2. The summed E-state index contributed by atoms with van der Waals surface area (Å²) in [6.07, 6.45) is -3.24. The molecule has 1 heterocycles. The van der Waals surface area contributed by atoms with Gasteiger partial charge in [-0.15, -0.1) is 12.4 Å². The first-order chi connectivity index (χ1) is 15.7. The molecule has 2 amide bonds. The van der Waals surface area contributed by atoms with Crippen LogP contribution in [0.2, 0.25) is 26.2 Å². The van der Waals surface area contributed by atoms with Crippen molar-refractivity contribution in [3.8, 4) is 0 Å². The van der Waals surface area contributed by atoms with Crippen molar-refractivity contribution in [2.75, 3.05) is 11.4 Å². The minimum atomic E-state index is -4.98. The van der Waals surface area contributed by atoms with E-state index in [-0.39, 0.29) is 46.2 Å². The van der Waals surface area contributed by atoms with Crippen molar-refractivity contribution in [2.24, 2.45) is 11.7 Å².